The molecule has 2 atom stereocenters. The molecule has 1 saturated carbocycles. The topological polar surface area (TPSA) is 70.1 Å². The third kappa shape index (κ3) is 3.98. The monoisotopic (exact) mass is 370 g/mol. The Morgan fingerprint density at radius 3 is 3.00 bits per heavy atom. The van der Waals surface area contributed by atoms with Crippen LogP contribution in [-0.4, -0.2) is 21.8 Å². The third-order valence-corrected chi connectivity index (χ3v) is 5.45. The van der Waals surface area contributed by atoms with Gasteiger partial charge in [-0.15, -0.1) is 0 Å². The summed E-state index contributed by atoms with van der Waals surface area (Å²) in [5.41, 5.74) is 2.92. The molecule has 1 amide bonds. The standard InChI is InChI=1S/C20H23ClN4O/c1-12(20(26)23-19-11-18(24-25-19)14-5-6-14)17-10-13-3-2-4-15(21)7-8-16(9-13)22-17/h4,7-8,10-14H,2-3,5-6,9H2,1H3,(H2,23,24,25,26)/b8-7-,15-4+. The third-order valence-electron chi connectivity index (χ3n) is 5.17. The van der Waals surface area contributed by atoms with Gasteiger partial charge in [0.25, 0.3) is 0 Å². The number of amides is 1. The number of aromatic amines is 1. The van der Waals surface area contributed by atoms with Gasteiger partial charge in [-0.25, -0.2) is 0 Å². The van der Waals surface area contributed by atoms with Crippen molar-refractivity contribution >= 4 is 29.0 Å². The van der Waals surface area contributed by atoms with E-state index in [-0.39, 0.29) is 11.8 Å². The van der Waals surface area contributed by atoms with Crippen molar-refractivity contribution in [3.05, 3.63) is 46.8 Å². The van der Waals surface area contributed by atoms with Crippen molar-refractivity contribution in [2.75, 3.05) is 5.32 Å². The van der Waals surface area contributed by atoms with Gasteiger partial charge in [0.15, 0.2) is 5.82 Å². The van der Waals surface area contributed by atoms with Crippen LogP contribution in [0.4, 0.5) is 5.82 Å². The van der Waals surface area contributed by atoms with E-state index in [0.717, 1.165) is 41.4 Å². The second-order valence-electron chi connectivity index (χ2n) is 7.35. The molecule has 2 bridgehead atoms. The fourth-order valence-electron chi connectivity index (χ4n) is 3.40. The van der Waals surface area contributed by atoms with Crippen molar-refractivity contribution < 1.29 is 4.79 Å². The van der Waals surface area contributed by atoms with E-state index in [1.807, 2.05) is 31.2 Å². The molecule has 0 spiro atoms. The predicted octanol–water partition coefficient (Wildman–Crippen LogP) is 4.68. The fourth-order valence-corrected chi connectivity index (χ4v) is 3.57. The first-order chi connectivity index (χ1) is 12.6. The van der Waals surface area contributed by atoms with Gasteiger partial charge >= 0.3 is 0 Å². The first-order valence-electron chi connectivity index (χ1n) is 9.27. The molecule has 0 saturated heterocycles. The second-order valence-corrected chi connectivity index (χ2v) is 7.79. The molecule has 5 nitrogen and oxygen atoms in total. The minimum Gasteiger partial charge on any atom is -0.309 e. The largest absolute Gasteiger partial charge is 0.309 e. The zero-order valence-electron chi connectivity index (χ0n) is 14.8. The van der Waals surface area contributed by atoms with Gasteiger partial charge in [0.2, 0.25) is 5.91 Å². The minimum absolute atomic E-state index is 0.0798. The van der Waals surface area contributed by atoms with Crippen LogP contribution in [-0.2, 0) is 4.79 Å². The zero-order valence-corrected chi connectivity index (χ0v) is 15.6. The van der Waals surface area contributed by atoms with Crippen molar-refractivity contribution in [1.29, 1.82) is 0 Å². The normalized spacial score (nSPS) is 27.0. The lowest BCUT2D eigenvalue weighted by atomic mass is 9.90. The number of aromatic nitrogens is 2. The average molecular weight is 371 g/mol. The van der Waals surface area contributed by atoms with Crippen LogP contribution in [0.2, 0.25) is 0 Å². The van der Waals surface area contributed by atoms with E-state index < -0.39 is 0 Å². The highest BCUT2D eigenvalue weighted by Crippen LogP contribution is 2.39. The summed E-state index contributed by atoms with van der Waals surface area (Å²) in [5.74, 6) is 1.16. The van der Waals surface area contributed by atoms with Gasteiger partial charge in [-0.3, -0.25) is 14.9 Å². The van der Waals surface area contributed by atoms with Crippen molar-refractivity contribution in [2.24, 2.45) is 16.8 Å². The smallest absolute Gasteiger partial charge is 0.234 e. The van der Waals surface area contributed by atoms with E-state index in [2.05, 4.69) is 21.6 Å². The summed E-state index contributed by atoms with van der Waals surface area (Å²) in [6.45, 7) is 1.90. The van der Waals surface area contributed by atoms with Crippen LogP contribution in [0.3, 0.4) is 0 Å². The predicted molar refractivity (Wildman–Crippen MR) is 104 cm³/mol. The highest BCUT2D eigenvalue weighted by atomic mass is 35.5. The van der Waals surface area contributed by atoms with Crippen LogP contribution in [0.1, 0.15) is 50.6 Å². The summed E-state index contributed by atoms with van der Waals surface area (Å²) in [6, 6.07) is 1.94. The summed E-state index contributed by atoms with van der Waals surface area (Å²) < 4.78 is 0. The van der Waals surface area contributed by atoms with Gasteiger partial charge < -0.3 is 5.32 Å². The van der Waals surface area contributed by atoms with Crippen LogP contribution in [0.5, 0.6) is 0 Å². The Kier molecular flexibility index (Phi) is 4.81. The molecular weight excluding hydrogens is 348 g/mol. The Morgan fingerprint density at radius 1 is 1.35 bits per heavy atom. The minimum atomic E-state index is -0.327. The molecule has 4 rings (SSSR count). The summed E-state index contributed by atoms with van der Waals surface area (Å²) in [6.07, 6.45) is 13.3. The van der Waals surface area contributed by atoms with E-state index >= 15 is 0 Å². The number of allylic oxidation sites excluding steroid dienone is 5. The summed E-state index contributed by atoms with van der Waals surface area (Å²) in [5, 5.41) is 10.9. The number of rotatable bonds is 4. The van der Waals surface area contributed by atoms with Crippen LogP contribution >= 0.6 is 11.6 Å². The Morgan fingerprint density at radius 2 is 2.19 bits per heavy atom. The van der Waals surface area contributed by atoms with Gasteiger partial charge in [-0.05, 0) is 57.1 Å². The molecule has 26 heavy (non-hydrogen) atoms. The Bertz CT molecular complexity index is 829. The number of fused-ring (bicyclic) bond motifs is 2. The molecule has 1 aliphatic heterocycles. The molecule has 2 aliphatic carbocycles. The lowest BCUT2D eigenvalue weighted by molar-refractivity contribution is -0.118. The van der Waals surface area contributed by atoms with Gasteiger partial charge in [0.05, 0.1) is 5.92 Å². The number of carbonyl (C=O) groups excluding carboxylic acids is 1. The molecule has 0 aromatic carbocycles. The number of hydrogen-bond acceptors (Lipinski definition) is 3. The SMILES string of the molecule is CC(C(=O)Nc1cc(C2CC2)[nH]n1)C1=CC2CC/C=C(Cl)\C=C/C(=N1)C2. The van der Waals surface area contributed by atoms with E-state index in [1.165, 1.54) is 12.8 Å². The van der Waals surface area contributed by atoms with E-state index in [1.54, 1.807) is 0 Å². The van der Waals surface area contributed by atoms with Crippen LogP contribution in [0.15, 0.2) is 46.1 Å². The van der Waals surface area contributed by atoms with Gasteiger partial charge in [0.1, 0.15) is 0 Å². The maximum atomic E-state index is 12.7. The molecule has 1 aromatic heterocycles. The molecule has 1 fully saturated rings. The Hall–Kier alpha value is -2.14. The van der Waals surface area contributed by atoms with Crippen LogP contribution in [0, 0.1) is 11.8 Å². The molecule has 3 aliphatic rings. The number of carbonyl (C=O) groups is 1. The van der Waals surface area contributed by atoms with Gasteiger partial charge in [-0.2, -0.15) is 5.10 Å². The van der Waals surface area contributed by atoms with E-state index in [0.29, 0.717) is 17.7 Å². The lowest BCUT2D eigenvalue weighted by Gasteiger charge is -2.21. The zero-order chi connectivity index (χ0) is 18.1. The highest BCUT2D eigenvalue weighted by molar-refractivity contribution is 6.31. The first-order valence-corrected chi connectivity index (χ1v) is 9.65. The molecular formula is C20H23ClN4O. The highest BCUT2D eigenvalue weighted by Gasteiger charge is 2.27. The fraction of sp³-hybridized carbons (Fsp3) is 0.450. The van der Waals surface area contributed by atoms with Crippen molar-refractivity contribution in [3.8, 4) is 0 Å². The molecule has 6 heteroatoms. The molecule has 2 heterocycles. The Labute approximate surface area is 158 Å². The maximum Gasteiger partial charge on any atom is 0.234 e. The van der Waals surface area contributed by atoms with Gasteiger partial charge in [0, 0.05) is 34.1 Å². The Balaban J connectivity index is 1.47. The van der Waals surface area contributed by atoms with Crippen LogP contribution < -0.4 is 5.32 Å². The van der Waals surface area contributed by atoms with Crippen molar-refractivity contribution in [2.45, 2.75) is 44.9 Å². The van der Waals surface area contributed by atoms with Crippen LogP contribution in [0.25, 0.3) is 0 Å². The quantitative estimate of drug-likeness (QED) is 0.807. The molecule has 136 valence electrons. The summed E-state index contributed by atoms with van der Waals surface area (Å²) >= 11 is 6.15. The molecule has 1 aromatic rings. The summed E-state index contributed by atoms with van der Waals surface area (Å²) in [4.78, 5) is 17.4. The average Bonchev–Trinajstić information content (AvgIpc) is 3.37. The van der Waals surface area contributed by atoms with Gasteiger partial charge in [-0.1, -0.05) is 23.8 Å². The van der Waals surface area contributed by atoms with Crippen molar-refractivity contribution in [3.63, 3.8) is 0 Å². The lowest BCUT2D eigenvalue weighted by Crippen LogP contribution is -2.24. The number of nitrogens with zero attached hydrogens (tertiary/aromatic N) is 2. The first kappa shape index (κ1) is 17.3. The number of halogens is 1. The number of H-pyrrole nitrogens is 1. The molecule has 2 N–H and O–H groups in total. The molecule has 2 unspecified atom stereocenters. The number of hydrogen-bond donors (Lipinski definition) is 2. The number of anilines is 1. The second kappa shape index (κ2) is 7.23. The number of aliphatic imine (C=N–C) groups is 1. The van der Waals surface area contributed by atoms with Crippen molar-refractivity contribution in [1.82, 2.24) is 10.2 Å². The maximum absolute atomic E-state index is 12.7. The van der Waals surface area contributed by atoms with E-state index in [4.69, 9.17) is 16.6 Å². The van der Waals surface area contributed by atoms with E-state index in [9.17, 15) is 4.79 Å². The summed E-state index contributed by atoms with van der Waals surface area (Å²) in [7, 11) is 0. The molecule has 0 radical (unpaired) electrons. The number of nitrogens with one attached hydrogen (secondary N) is 2.